The Hall–Kier alpha value is -2.16. The minimum absolute atomic E-state index is 0.0402. The molecule has 6 nitrogen and oxygen atoms in total. The smallest absolute Gasteiger partial charge is 0.387 e. The van der Waals surface area contributed by atoms with E-state index in [-0.39, 0.29) is 22.7 Å². The lowest BCUT2D eigenvalue weighted by Crippen LogP contribution is -2.03. The van der Waals surface area contributed by atoms with Gasteiger partial charge in [0.2, 0.25) is 0 Å². The van der Waals surface area contributed by atoms with Gasteiger partial charge in [0.1, 0.15) is 11.9 Å². The average Bonchev–Trinajstić information content (AvgIpc) is 2.87. The SMILES string of the molecule is CSc1ccc(OC(F)F)c(-c2n[nH]cc2[N+](=O)[O-])c1. The second-order valence-corrected chi connectivity index (χ2v) is 4.50. The summed E-state index contributed by atoms with van der Waals surface area (Å²) < 4.78 is 29.2. The number of aromatic nitrogens is 2. The first-order valence-corrected chi connectivity index (χ1v) is 6.56. The predicted molar refractivity (Wildman–Crippen MR) is 69.1 cm³/mol. The number of rotatable bonds is 5. The zero-order chi connectivity index (χ0) is 14.7. The standard InChI is InChI=1S/C11H9F2N3O3S/c1-20-6-2-3-9(19-11(12)13)7(4-6)10-8(16(17)18)5-14-15-10/h2-5,11H,1H3,(H,14,15). The van der Waals surface area contributed by atoms with E-state index in [1.165, 1.54) is 23.9 Å². The maximum absolute atomic E-state index is 12.4. The fourth-order valence-corrected chi connectivity index (χ4v) is 2.08. The summed E-state index contributed by atoms with van der Waals surface area (Å²) >= 11 is 1.37. The Labute approximate surface area is 116 Å². The number of alkyl halides is 2. The van der Waals surface area contributed by atoms with Gasteiger partial charge in [-0.05, 0) is 24.5 Å². The zero-order valence-electron chi connectivity index (χ0n) is 10.2. The average molecular weight is 301 g/mol. The molecule has 0 bridgehead atoms. The molecule has 1 aromatic heterocycles. The van der Waals surface area contributed by atoms with Gasteiger partial charge in [-0.1, -0.05) is 0 Å². The number of H-pyrrole nitrogens is 1. The summed E-state index contributed by atoms with van der Waals surface area (Å²) in [5.41, 5.74) is -0.200. The van der Waals surface area contributed by atoms with Crippen molar-refractivity contribution in [2.24, 2.45) is 0 Å². The molecule has 0 aliphatic heterocycles. The third-order valence-corrected chi connectivity index (χ3v) is 3.20. The van der Waals surface area contributed by atoms with Gasteiger partial charge < -0.3 is 4.74 Å². The molecule has 0 atom stereocenters. The molecule has 9 heteroatoms. The van der Waals surface area contributed by atoms with Crippen LogP contribution in [0.5, 0.6) is 5.75 Å². The van der Waals surface area contributed by atoms with Crippen LogP contribution in [0, 0.1) is 10.1 Å². The second-order valence-electron chi connectivity index (χ2n) is 3.62. The Balaban J connectivity index is 2.57. The Bertz CT molecular complexity index is 633. The molecule has 0 saturated heterocycles. The summed E-state index contributed by atoms with van der Waals surface area (Å²) in [6.07, 6.45) is 2.89. The van der Waals surface area contributed by atoms with Gasteiger partial charge in [0, 0.05) is 4.90 Å². The topological polar surface area (TPSA) is 81.0 Å². The lowest BCUT2D eigenvalue weighted by Gasteiger charge is -2.10. The monoisotopic (exact) mass is 301 g/mol. The van der Waals surface area contributed by atoms with Crippen LogP contribution in [-0.2, 0) is 0 Å². The molecule has 0 unspecified atom stereocenters. The van der Waals surface area contributed by atoms with Gasteiger partial charge in [0.25, 0.3) is 0 Å². The number of thioether (sulfide) groups is 1. The van der Waals surface area contributed by atoms with Crippen LogP contribution in [0.1, 0.15) is 0 Å². The van der Waals surface area contributed by atoms with Crippen LogP contribution in [0.25, 0.3) is 11.3 Å². The summed E-state index contributed by atoms with van der Waals surface area (Å²) in [5.74, 6) is -0.159. The number of ether oxygens (including phenoxy) is 1. The van der Waals surface area contributed by atoms with Crippen LogP contribution < -0.4 is 4.74 Å². The molecule has 0 aliphatic carbocycles. The molecule has 0 amide bonds. The molecule has 106 valence electrons. The highest BCUT2D eigenvalue weighted by Gasteiger charge is 2.23. The number of hydrogen-bond acceptors (Lipinski definition) is 5. The van der Waals surface area contributed by atoms with Crippen molar-refractivity contribution in [3.8, 4) is 17.0 Å². The normalized spacial score (nSPS) is 10.8. The van der Waals surface area contributed by atoms with Gasteiger partial charge >= 0.3 is 12.3 Å². The molecular formula is C11H9F2N3O3S. The molecule has 20 heavy (non-hydrogen) atoms. The summed E-state index contributed by atoms with van der Waals surface area (Å²) in [6.45, 7) is -3.02. The van der Waals surface area contributed by atoms with E-state index in [0.717, 1.165) is 11.1 Å². The van der Waals surface area contributed by atoms with E-state index >= 15 is 0 Å². The maximum atomic E-state index is 12.4. The van der Waals surface area contributed by atoms with Gasteiger partial charge in [-0.3, -0.25) is 15.2 Å². The number of halogens is 2. The third-order valence-electron chi connectivity index (χ3n) is 2.47. The Kier molecular flexibility index (Phi) is 4.18. The number of nitro groups is 1. The van der Waals surface area contributed by atoms with Crippen molar-refractivity contribution in [3.63, 3.8) is 0 Å². The van der Waals surface area contributed by atoms with E-state index in [1.807, 2.05) is 0 Å². The van der Waals surface area contributed by atoms with Gasteiger partial charge in [-0.2, -0.15) is 13.9 Å². The number of aromatic amines is 1. The molecule has 0 aliphatic rings. The number of nitrogens with zero attached hydrogens (tertiary/aromatic N) is 2. The van der Waals surface area contributed by atoms with Gasteiger partial charge in [-0.25, -0.2) is 0 Å². The van der Waals surface area contributed by atoms with Crippen molar-refractivity contribution in [1.29, 1.82) is 0 Å². The van der Waals surface area contributed by atoms with Gasteiger partial charge in [-0.15, -0.1) is 11.8 Å². The first-order chi connectivity index (χ1) is 9.52. The van der Waals surface area contributed by atoms with E-state index in [0.29, 0.717) is 0 Å². The van der Waals surface area contributed by atoms with Crippen LogP contribution in [0.3, 0.4) is 0 Å². The minimum Gasteiger partial charge on any atom is -0.434 e. The first-order valence-electron chi connectivity index (χ1n) is 5.34. The molecule has 0 saturated carbocycles. The van der Waals surface area contributed by atoms with Crippen molar-refractivity contribution in [2.45, 2.75) is 11.5 Å². The maximum Gasteiger partial charge on any atom is 0.387 e. The van der Waals surface area contributed by atoms with Crippen molar-refractivity contribution >= 4 is 17.4 Å². The fraction of sp³-hybridized carbons (Fsp3) is 0.182. The first kappa shape index (κ1) is 14.3. The van der Waals surface area contributed by atoms with Crippen molar-refractivity contribution < 1.29 is 18.4 Å². The second kappa shape index (κ2) is 5.87. The van der Waals surface area contributed by atoms with E-state index in [2.05, 4.69) is 14.9 Å². The molecule has 1 N–H and O–H groups in total. The fourth-order valence-electron chi connectivity index (χ4n) is 1.64. The van der Waals surface area contributed by atoms with Crippen molar-refractivity contribution in [1.82, 2.24) is 10.2 Å². The van der Waals surface area contributed by atoms with Crippen LogP contribution in [0.2, 0.25) is 0 Å². The van der Waals surface area contributed by atoms with Crippen LogP contribution in [0.15, 0.2) is 29.3 Å². The lowest BCUT2D eigenvalue weighted by molar-refractivity contribution is -0.384. The molecule has 1 aromatic carbocycles. The Morgan fingerprint density at radius 3 is 2.85 bits per heavy atom. The summed E-state index contributed by atoms with van der Waals surface area (Å²) in [6, 6.07) is 4.45. The predicted octanol–water partition coefficient (Wildman–Crippen LogP) is 3.31. The van der Waals surface area contributed by atoms with E-state index in [4.69, 9.17) is 0 Å². The Morgan fingerprint density at radius 1 is 1.50 bits per heavy atom. The largest absolute Gasteiger partial charge is 0.434 e. The summed E-state index contributed by atoms with van der Waals surface area (Å²) in [5, 5.41) is 17.0. The van der Waals surface area contributed by atoms with E-state index in [9.17, 15) is 18.9 Å². The van der Waals surface area contributed by atoms with E-state index in [1.54, 1.807) is 12.3 Å². The molecule has 2 rings (SSSR count). The number of benzene rings is 1. The van der Waals surface area contributed by atoms with Crippen LogP contribution in [0.4, 0.5) is 14.5 Å². The molecule has 0 spiro atoms. The lowest BCUT2D eigenvalue weighted by atomic mass is 10.1. The molecule has 1 heterocycles. The van der Waals surface area contributed by atoms with Crippen LogP contribution >= 0.6 is 11.8 Å². The number of nitrogens with one attached hydrogen (secondary N) is 1. The molecular weight excluding hydrogens is 292 g/mol. The van der Waals surface area contributed by atoms with Crippen LogP contribution in [-0.4, -0.2) is 28.0 Å². The molecule has 0 fully saturated rings. The number of hydrogen-bond donors (Lipinski definition) is 1. The molecule has 0 radical (unpaired) electrons. The quantitative estimate of drug-likeness (QED) is 0.520. The highest BCUT2D eigenvalue weighted by molar-refractivity contribution is 7.98. The molecule has 2 aromatic rings. The van der Waals surface area contributed by atoms with Gasteiger partial charge in [0.15, 0.2) is 5.69 Å². The third kappa shape index (κ3) is 2.87. The summed E-state index contributed by atoms with van der Waals surface area (Å²) in [7, 11) is 0. The van der Waals surface area contributed by atoms with Crippen molar-refractivity contribution in [3.05, 3.63) is 34.5 Å². The highest BCUT2D eigenvalue weighted by Crippen LogP contribution is 2.37. The highest BCUT2D eigenvalue weighted by atomic mass is 32.2. The van der Waals surface area contributed by atoms with Crippen molar-refractivity contribution in [2.75, 3.05) is 6.26 Å². The van der Waals surface area contributed by atoms with Gasteiger partial charge in [0.05, 0.1) is 10.5 Å². The summed E-state index contributed by atoms with van der Waals surface area (Å²) in [4.78, 5) is 11.0. The van der Waals surface area contributed by atoms with E-state index < -0.39 is 11.5 Å². The zero-order valence-corrected chi connectivity index (χ0v) is 11.0. The minimum atomic E-state index is -3.02. The Morgan fingerprint density at radius 2 is 2.25 bits per heavy atom.